The monoisotopic (exact) mass is 727 g/mol. The van der Waals surface area contributed by atoms with Crippen molar-refractivity contribution in [2.45, 2.75) is 9.79 Å². The normalized spacial score (nSPS) is 12.1. The number of aromatic nitrogens is 2. The Morgan fingerprint density at radius 2 is 1.08 bits per heavy atom. The second-order valence-electron chi connectivity index (χ2n) is 12.4. The van der Waals surface area contributed by atoms with E-state index in [1.165, 1.54) is 59.7 Å². The Kier molecular flexibility index (Phi) is 6.28. The van der Waals surface area contributed by atoms with Crippen molar-refractivity contribution in [3.05, 3.63) is 157 Å². The van der Waals surface area contributed by atoms with Gasteiger partial charge in [-0.1, -0.05) is 0 Å². The number of para-hydroxylation sites is 2. The Bertz CT molecular complexity index is 3150. The molecule has 0 aliphatic heterocycles. The summed E-state index contributed by atoms with van der Waals surface area (Å²) in [6.45, 7) is 0. The van der Waals surface area contributed by atoms with E-state index in [-0.39, 0.29) is 24.3 Å². The number of sulfone groups is 1. The summed E-state index contributed by atoms with van der Waals surface area (Å²) in [6.07, 6.45) is 0. The molecule has 0 aliphatic carbocycles. The molecule has 0 amide bonds. The molecule has 0 aliphatic rings. The predicted molar refractivity (Wildman–Crippen MR) is 204 cm³/mol. The molecule has 0 saturated heterocycles. The molecule has 236 valence electrons. The topological polar surface area (TPSA) is 67.8 Å². The summed E-state index contributed by atoms with van der Waals surface area (Å²) >= 11 is 0.130. The average molecular weight is 727 g/mol. The molecular weight excluding hydrogens is 702 g/mol. The molecule has 0 atom stereocenters. The van der Waals surface area contributed by atoms with Gasteiger partial charge in [-0.15, -0.1) is 0 Å². The van der Waals surface area contributed by atoms with Gasteiger partial charge in [0.1, 0.15) is 0 Å². The zero-order chi connectivity index (χ0) is 33.6. The van der Waals surface area contributed by atoms with Gasteiger partial charge in [0.05, 0.1) is 11.6 Å². The van der Waals surface area contributed by atoms with Gasteiger partial charge in [0.25, 0.3) is 0 Å². The summed E-state index contributed by atoms with van der Waals surface area (Å²) in [7, 11) is -3.79. The van der Waals surface area contributed by atoms with Crippen molar-refractivity contribution >= 4 is 87.2 Å². The van der Waals surface area contributed by atoms with Gasteiger partial charge in [0, 0.05) is 0 Å². The fourth-order valence-corrected chi connectivity index (χ4v) is 11.4. The fourth-order valence-electron chi connectivity index (χ4n) is 7.55. The summed E-state index contributed by atoms with van der Waals surface area (Å²) in [5.74, 6) is 0. The van der Waals surface area contributed by atoms with Crippen LogP contribution in [0.25, 0.3) is 74.3 Å². The van der Waals surface area contributed by atoms with Gasteiger partial charge in [0.2, 0.25) is 0 Å². The molecule has 0 spiro atoms. The van der Waals surface area contributed by atoms with E-state index >= 15 is 0 Å². The zero-order valence-corrected chi connectivity index (χ0v) is 28.9. The van der Waals surface area contributed by atoms with Gasteiger partial charge in [0.15, 0.2) is 0 Å². The maximum absolute atomic E-state index is 13.7. The first-order chi connectivity index (χ1) is 24.5. The van der Waals surface area contributed by atoms with Crippen LogP contribution in [-0.4, -0.2) is 32.1 Å². The van der Waals surface area contributed by atoms with Crippen LogP contribution in [0.5, 0.6) is 0 Å². The summed E-state index contributed by atoms with van der Waals surface area (Å²) < 4.78 is 34.8. The molecule has 0 bridgehead atoms. The Morgan fingerprint density at radius 1 is 0.500 bits per heavy atom. The molecular formula is C43H25N3O2SSe. The number of nitriles is 1. The van der Waals surface area contributed by atoms with Gasteiger partial charge in [-0.25, -0.2) is 0 Å². The van der Waals surface area contributed by atoms with Crippen molar-refractivity contribution in [3.63, 3.8) is 0 Å². The van der Waals surface area contributed by atoms with E-state index in [1.54, 1.807) is 12.1 Å². The first-order valence-electron chi connectivity index (χ1n) is 16.2. The van der Waals surface area contributed by atoms with Crippen LogP contribution in [0.4, 0.5) is 0 Å². The Labute approximate surface area is 293 Å². The molecule has 3 aromatic heterocycles. The van der Waals surface area contributed by atoms with Crippen molar-refractivity contribution in [2.75, 3.05) is 0 Å². The number of hydrogen-bond donors (Lipinski definition) is 0. The molecule has 10 rings (SSSR count). The number of fused-ring (bicyclic) bond motifs is 11. The summed E-state index contributed by atoms with van der Waals surface area (Å²) in [4.78, 5) is 0.363. The van der Waals surface area contributed by atoms with E-state index < -0.39 is 9.84 Å². The molecule has 0 N–H and O–H groups in total. The molecule has 10 aromatic rings. The molecule has 50 heavy (non-hydrogen) atoms. The molecule has 0 saturated carbocycles. The van der Waals surface area contributed by atoms with Crippen molar-refractivity contribution in [2.24, 2.45) is 0 Å². The van der Waals surface area contributed by atoms with Gasteiger partial charge in [-0.2, -0.15) is 5.26 Å². The first-order valence-corrected chi connectivity index (χ1v) is 19.4. The van der Waals surface area contributed by atoms with Crippen LogP contribution in [0.15, 0.2) is 161 Å². The van der Waals surface area contributed by atoms with Crippen LogP contribution >= 0.6 is 0 Å². The third kappa shape index (κ3) is 4.08. The van der Waals surface area contributed by atoms with E-state index in [1.807, 2.05) is 18.2 Å². The van der Waals surface area contributed by atoms with E-state index in [4.69, 9.17) is 0 Å². The number of benzene rings is 7. The van der Waals surface area contributed by atoms with Crippen molar-refractivity contribution in [1.29, 1.82) is 5.26 Å². The van der Waals surface area contributed by atoms with Crippen LogP contribution in [0.3, 0.4) is 0 Å². The van der Waals surface area contributed by atoms with Crippen LogP contribution in [0.2, 0.25) is 0 Å². The first kappa shape index (κ1) is 29.1. The van der Waals surface area contributed by atoms with Crippen molar-refractivity contribution < 1.29 is 8.42 Å². The SMILES string of the molecule is N#Cc1ccc(S(=O)(=O)c2ccc(-n3c4ccc5c6ccccc6[se]c5c4c4ccc5c6ccccc6n(-c6ccccc6)c5c43)cc2)cc1. The van der Waals surface area contributed by atoms with Gasteiger partial charge >= 0.3 is 278 Å². The number of hydrogen-bond acceptors (Lipinski definition) is 3. The Balaban J connectivity index is 1.33. The second-order valence-corrected chi connectivity index (χ2v) is 16.6. The number of rotatable bonds is 4. The van der Waals surface area contributed by atoms with Gasteiger partial charge < -0.3 is 0 Å². The molecule has 3 heterocycles. The Morgan fingerprint density at radius 3 is 1.84 bits per heavy atom. The zero-order valence-electron chi connectivity index (χ0n) is 26.4. The van der Waals surface area contributed by atoms with Crippen LogP contribution in [0, 0.1) is 11.3 Å². The molecule has 0 radical (unpaired) electrons. The minimum atomic E-state index is -3.79. The minimum absolute atomic E-state index is 0.130. The summed E-state index contributed by atoms with van der Waals surface area (Å²) in [5, 5.41) is 16.6. The molecule has 0 unspecified atom stereocenters. The van der Waals surface area contributed by atoms with E-state index in [0.717, 1.165) is 38.8 Å². The summed E-state index contributed by atoms with van der Waals surface area (Å²) in [5.41, 5.74) is 6.79. The van der Waals surface area contributed by atoms with Crippen LogP contribution in [-0.2, 0) is 9.84 Å². The molecule has 7 aromatic carbocycles. The second kappa shape index (κ2) is 10.8. The van der Waals surface area contributed by atoms with Gasteiger partial charge in [-0.05, 0) is 0 Å². The van der Waals surface area contributed by atoms with Crippen LogP contribution < -0.4 is 0 Å². The molecule has 0 fully saturated rings. The Hall–Kier alpha value is -5.90. The standard InChI is InChI=1S/C43H25N3O2SSe/c44-26-27-14-18-30(19-15-27)49(47,48)31-20-16-29(17-21-31)46-38-25-24-35-33-11-5-7-13-39(33)50-43(35)40(38)36-23-22-34-32-10-4-6-12-37(32)45(41(34)42(36)46)28-8-2-1-3-9-28/h1-25H. The van der Waals surface area contributed by atoms with E-state index in [0.29, 0.717) is 5.56 Å². The van der Waals surface area contributed by atoms with Gasteiger partial charge in [-0.3, -0.25) is 0 Å². The third-order valence-corrected chi connectivity index (χ3v) is 14.1. The van der Waals surface area contributed by atoms with E-state index in [2.05, 4.69) is 112 Å². The molecule has 5 nitrogen and oxygen atoms in total. The van der Waals surface area contributed by atoms with Crippen LogP contribution in [0.1, 0.15) is 5.56 Å². The maximum atomic E-state index is 13.7. The fraction of sp³-hybridized carbons (Fsp3) is 0. The predicted octanol–water partition coefficient (Wildman–Crippen LogP) is 9.95. The number of nitrogens with zero attached hydrogens (tertiary/aromatic N) is 3. The average Bonchev–Trinajstić information content (AvgIpc) is 3.83. The van der Waals surface area contributed by atoms with Crippen molar-refractivity contribution in [1.82, 2.24) is 9.13 Å². The van der Waals surface area contributed by atoms with E-state index in [9.17, 15) is 13.7 Å². The molecule has 7 heteroatoms. The summed E-state index contributed by atoms with van der Waals surface area (Å²) in [6, 6.07) is 52.1. The quantitative estimate of drug-likeness (QED) is 0.170. The van der Waals surface area contributed by atoms with Crippen molar-refractivity contribution in [3.8, 4) is 17.4 Å². The third-order valence-electron chi connectivity index (χ3n) is 9.78.